The molecule has 0 fully saturated rings. The van der Waals surface area contributed by atoms with Crippen LogP contribution in [0.4, 0.5) is 0 Å². The normalized spacial score (nSPS) is 11.7. The molecule has 0 aliphatic carbocycles. The largest absolute Gasteiger partial charge is 0.481 e. The molecule has 0 bridgehead atoms. The summed E-state index contributed by atoms with van der Waals surface area (Å²) in [6.07, 6.45) is 0.750. The second-order valence-corrected chi connectivity index (χ2v) is 7.21. The van der Waals surface area contributed by atoms with Crippen LogP contribution < -0.4 is 14.9 Å². The smallest absolute Gasteiger partial charge is 0.343 e. The summed E-state index contributed by atoms with van der Waals surface area (Å²) in [5.41, 5.74) is 4.70. The van der Waals surface area contributed by atoms with Crippen molar-refractivity contribution in [1.29, 1.82) is 0 Å². The van der Waals surface area contributed by atoms with Crippen LogP contribution in [0.25, 0.3) is 0 Å². The van der Waals surface area contributed by atoms with Gasteiger partial charge in [0.15, 0.2) is 6.10 Å². The highest BCUT2D eigenvalue weighted by Gasteiger charge is 2.13. The molecule has 0 aromatic heterocycles. The second kappa shape index (κ2) is 10.4. The van der Waals surface area contributed by atoms with Crippen molar-refractivity contribution in [2.75, 3.05) is 0 Å². The lowest BCUT2D eigenvalue weighted by atomic mass is 10.1. The number of carbonyl (C=O) groups excluding carboxylic acids is 2. The first-order valence-corrected chi connectivity index (χ1v) is 9.92. The molecule has 0 spiro atoms. The SMILES string of the molecule is Cc1ccc(C(=O)Oc2ccc(/C=N/NC(=O)C(C)Oc3ccc(Cl)cc3)cc2)cc1. The number of benzene rings is 3. The lowest BCUT2D eigenvalue weighted by Gasteiger charge is -2.12. The van der Waals surface area contributed by atoms with Crippen molar-refractivity contribution in [1.82, 2.24) is 5.43 Å². The Labute approximate surface area is 185 Å². The maximum absolute atomic E-state index is 12.2. The molecule has 3 rings (SSSR count). The highest BCUT2D eigenvalue weighted by atomic mass is 35.5. The minimum absolute atomic E-state index is 0.394. The molecule has 158 valence electrons. The second-order valence-electron chi connectivity index (χ2n) is 6.77. The lowest BCUT2D eigenvalue weighted by molar-refractivity contribution is -0.127. The van der Waals surface area contributed by atoms with Crippen molar-refractivity contribution < 1.29 is 19.1 Å². The molecular formula is C24H21ClN2O4. The van der Waals surface area contributed by atoms with Crippen LogP contribution in [-0.4, -0.2) is 24.2 Å². The Morgan fingerprint density at radius 3 is 2.19 bits per heavy atom. The Kier molecular flexibility index (Phi) is 7.40. The average Bonchev–Trinajstić information content (AvgIpc) is 2.77. The van der Waals surface area contributed by atoms with Crippen molar-refractivity contribution in [3.63, 3.8) is 0 Å². The van der Waals surface area contributed by atoms with Crippen molar-refractivity contribution in [3.8, 4) is 11.5 Å². The zero-order chi connectivity index (χ0) is 22.2. The zero-order valence-corrected chi connectivity index (χ0v) is 17.8. The highest BCUT2D eigenvalue weighted by Crippen LogP contribution is 2.17. The molecular weight excluding hydrogens is 416 g/mol. The van der Waals surface area contributed by atoms with Crippen molar-refractivity contribution in [2.24, 2.45) is 5.10 Å². The van der Waals surface area contributed by atoms with Gasteiger partial charge in [-0.05, 0) is 80.1 Å². The number of ether oxygens (including phenoxy) is 2. The van der Waals surface area contributed by atoms with Gasteiger partial charge in [-0.3, -0.25) is 4.79 Å². The predicted molar refractivity (Wildman–Crippen MR) is 120 cm³/mol. The molecule has 1 unspecified atom stereocenters. The van der Waals surface area contributed by atoms with E-state index in [1.807, 2.05) is 19.1 Å². The summed E-state index contributed by atoms with van der Waals surface area (Å²) >= 11 is 5.83. The Morgan fingerprint density at radius 2 is 1.55 bits per heavy atom. The lowest BCUT2D eigenvalue weighted by Crippen LogP contribution is -2.33. The van der Waals surface area contributed by atoms with Crippen LogP contribution in [0.2, 0.25) is 5.02 Å². The molecule has 7 heteroatoms. The highest BCUT2D eigenvalue weighted by molar-refractivity contribution is 6.30. The number of hydrogen-bond acceptors (Lipinski definition) is 5. The summed E-state index contributed by atoms with van der Waals surface area (Å²) in [7, 11) is 0. The topological polar surface area (TPSA) is 77.0 Å². The minimum atomic E-state index is -0.734. The average molecular weight is 437 g/mol. The number of nitrogens with zero attached hydrogens (tertiary/aromatic N) is 1. The van der Waals surface area contributed by atoms with Gasteiger partial charge in [-0.1, -0.05) is 29.3 Å². The van der Waals surface area contributed by atoms with Gasteiger partial charge in [-0.15, -0.1) is 0 Å². The minimum Gasteiger partial charge on any atom is -0.481 e. The number of rotatable bonds is 7. The third-order valence-electron chi connectivity index (χ3n) is 4.26. The predicted octanol–water partition coefficient (Wildman–Crippen LogP) is 4.79. The van der Waals surface area contributed by atoms with Gasteiger partial charge in [0, 0.05) is 5.02 Å². The maximum atomic E-state index is 12.2. The van der Waals surface area contributed by atoms with E-state index in [9.17, 15) is 9.59 Å². The number of hydrazone groups is 1. The Hall–Kier alpha value is -3.64. The first-order chi connectivity index (χ1) is 14.9. The van der Waals surface area contributed by atoms with Crippen LogP contribution in [0.1, 0.15) is 28.4 Å². The summed E-state index contributed by atoms with van der Waals surface area (Å²) in [4.78, 5) is 24.3. The third-order valence-corrected chi connectivity index (χ3v) is 4.51. The zero-order valence-electron chi connectivity index (χ0n) is 17.0. The standard InChI is InChI=1S/C24H21ClN2O4/c1-16-3-7-19(8-4-16)24(29)31-22-11-5-18(6-12-22)15-26-27-23(28)17(2)30-21-13-9-20(25)10-14-21/h3-15,17H,1-2H3,(H,27,28)/b26-15+. The first-order valence-electron chi connectivity index (χ1n) is 9.55. The van der Waals surface area contributed by atoms with Crippen LogP contribution in [0, 0.1) is 6.92 Å². The maximum Gasteiger partial charge on any atom is 0.343 e. The van der Waals surface area contributed by atoms with E-state index in [4.69, 9.17) is 21.1 Å². The number of esters is 1. The molecule has 1 N–H and O–H groups in total. The summed E-state index contributed by atoms with van der Waals surface area (Å²) in [5.74, 6) is 0.127. The fourth-order valence-corrected chi connectivity index (χ4v) is 2.64. The van der Waals surface area contributed by atoms with E-state index in [1.165, 1.54) is 6.21 Å². The van der Waals surface area contributed by atoms with E-state index >= 15 is 0 Å². The molecule has 0 saturated carbocycles. The van der Waals surface area contributed by atoms with Gasteiger partial charge in [0.25, 0.3) is 5.91 Å². The fourth-order valence-electron chi connectivity index (χ4n) is 2.51. The molecule has 0 heterocycles. The fraction of sp³-hybridized carbons (Fsp3) is 0.125. The monoisotopic (exact) mass is 436 g/mol. The van der Waals surface area contributed by atoms with Gasteiger partial charge in [0.1, 0.15) is 11.5 Å². The van der Waals surface area contributed by atoms with Crippen molar-refractivity contribution >= 4 is 29.7 Å². The van der Waals surface area contributed by atoms with Crippen LogP contribution in [0.3, 0.4) is 0 Å². The molecule has 0 aliphatic rings. The van der Waals surface area contributed by atoms with E-state index in [1.54, 1.807) is 67.6 Å². The summed E-state index contributed by atoms with van der Waals surface area (Å²) < 4.78 is 10.9. The quantitative estimate of drug-likeness (QED) is 0.250. The molecule has 6 nitrogen and oxygen atoms in total. The van der Waals surface area contributed by atoms with E-state index < -0.39 is 18.0 Å². The molecule has 1 amide bonds. The number of hydrogen-bond donors (Lipinski definition) is 1. The third kappa shape index (κ3) is 6.69. The van der Waals surface area contributed by atoms with Gasteiger partial charge in [-0.25, -0.2) is 10.2 Å². The van der Waals surface area contributed by atoms with Crippen LogP contribution in [-0.2, 0) is 4.79 Å². The van der Waals surface area contributed by atoms with E-state index in [0.29, 0.717) is 22.1 Å². The van der Waals surface area contributed by atoms with Gasteiger partial charge in [0.05, 0.1) is 11.8 Å². The van der Waals surface area contributed by atoms with Crippen molar-refractivity contribution in [3.05, 3.63) is 94.5 Å². The molecule has 1 atom stereocenters. The molecule has 0 aliphatic heterocycles. The summed E-state index contributed by atoms with van der Waals surface area (Å²) in [6.45, 7) is 3.57. The Bertz CT molecular complexity index is 1060. The van der Waals surface area contributed by atoms with Crippen molar-refractivity contribution in [2.45, 2.75) is 20.0 Å². The number of nitrogens with one attached hydrogen (secondary N) is 1. The van der Waals surface area contributed by atoms with Crippen LogP contribution in [0.15, 0.2) is 77.9 Å². The molecule has 31 heavy (non-hydrogen) atoms. The Morgan fingerprint density at radius 1 is 0.935 bits per heavy atom. The van der Waals surface area contributed by atoms with E-state index in [-0.39, 0.29) is 0 Å². The summed E-state index contributed by atoms with van der Waals surface area (Å²) in [6, 6.07) is 20.6. The van der Waals surface area contributed by atoms with Crippen LogP contribution >= 0.6 is 11.6 Å². The number of halogens is 1. The van der Waals surface area contributed by atoms with Gasteiger partial charge >= 0.3 is 5.97 Å². The van der Waals surface area contributed by atoms with E-state index in [2.05, 4.69) is 10.5 Å². The number of amides is 1. The first kappa shape index (κ1) is 22.1. The molecule has 3 aromatic carbocycles. The van der Waals surface area contributed by atoms with Gasteiger partial charge < -0.3 is 9.47 Å². The molecule has 0 saturated heterocycles. The van der Waals surface area contributed by atoms with Gasteiger partial charge in [-0.2, -0.15) is 5.10 Å². The molecule has 3 aromatic rings. The van der Waals surface area contributed by atoms with E-state index in [0.717, 1.165) is 11.1 Å². The summed E-state index contributed by atoms with van der Waals surface area (Å²) in [5, 5.41) is 4.52. The Balaban J connectivity index is 1.49. The van der Waals surface area contributed by atoms with Crippen LogP contribution in [0.5, 0.6) is 11.5 Å². The molecule has 0 radical (unpaired) electrons. The number of aryl methyl sites for hydroxylation is 1. The number of carbonyl (C=O) groups is 2. The van der Waals surface area contributed by atoms with Gasteiger partial charge in [0.2, 0.25) is 0 Å².